The number of imidazole rings is 1. The lowest BCUT2D eigenvalue weighted by Crippen LogP contribution is -2.16. The van der Waals surface area contributed by atoms with Gasteiger partial charge in [-0.25, -0.2) is 15.0 Å². The molecule has 2 aliphatic rings. The molecule has 2 N–H and O–H groups in total. The summed E-state index contributed by atoms with van der Waals surface area (Å²) in [6, 6.07) is 5.99. The van der Waals surface area contributed by atoms with Crippen molar-refractivity contribution in [3.63, 3.8) is 0 Å². The topological polar surface area (TPSA) is 84.2 Å². The summed E-state index contributed by atoms with van der Waals surface area (Å²) in [5.74, 6) is 2.16. The molecule has 0 aliphatic heterocycles. The number of rotatable bonds is 7. The van der Waals surface area contributed by atoms with E-state index in [9.17, 15) is 4.79 Å². The molecule has 2 aliphatic carbocycles. The van der Waals surface area contributed by atoms with Crippen LogP contribution in [0.15, 0.2) is 49.6 Å². The molecule has 0 bridgehead atoms. The van der Waals surface area contributed by atoms with Gasteiger partial charge >= 0.3 is 0 Å². The summed E-state index contributed by atoms with van der Waals surface area (Å²) >= 11 is 0. The smallest absolute Gasteiger partial charge is 0.229 e. The lowest BCUT2D eigenvalue weighted by atomic mass is 10.2. The first kappa shape index (κ1) is 16.9. The van der Waals surface area contributed by atoms with E-state index < -0.39 is 0 Å². The van der Waals surface area contributed by atoms with Gasteiger partial charge in [0, 0.05) is 24.4 Å². The van der Waals surface area contributed by atoms with Crippen LogP contribution < -0.4 is 10.6 Å². The van der Waals surface area contributed by atoms with Crippen LogP contribution in [0.3, 0.4) is 0 Å². The largest absolute Gasteiger partial charge is 0.364 e. The van der Waals surface area contributed by atoms with Crippen LogP contribution >= 0.6 is 0 Å². The molecule has 7 nitrogen and oxygen atoms in total. The molecule has 0 saturated heterocycles. The second-order valence-corrected chi connectivity index (χ2v) is 7.61. The summed E-state index contributed by atoms with van der Waals surface area (Å²) in [6.07, 6.45) is 10.9. The van der Waals surface area contributed by atoms with Gasteiger partial charge in [0.15, 0.2) is 0 Å². The van der Waals surface area contributed by atoms with Crippen LogP contribution in [-0.2, 0) is 11.3 Å². The summed E-state index contributed by atoms with van der Waals surface area (Å²) in [4.78, 5) is 25.2. The number of amides is 1. The Morgan fingerprint density at radius 1 is 1.25 bits per heavy atom. The first-order chi connectivity index (χ1) is 13.7. The number of allylic oxidation sites excluding steroid dienone is 1. The fraction of sp³-hybridized carbons (Fsp3) is 0.333. The zero-order valence-electron chi connectivity index (χ0n) is 15.5. The molecule has 0 spiro atoms. The van der Waals surface area contributed by atoms with Gasteiger partial charge in [-0.05, 0) is 42.7 Å². The van der Waals surface area contributed by atoms with Gasteiger partial charge in [-0.15, -0.1) is 6.58 Å². The van der Waals surface area contributed by atoms with E-state index in [1.165, 1.54) is 24.7 Å². The Bertz CT molecular complexity index is 1050. The van der Waals surface area contributed by atoms with Crippen molar-refractivity contribution in [2.24, 2.45) is 11.8 Å². The highest BCUT2D eigenvalue weighted by molar-refractivity contribution is 5.94. The molecule has 0 aromatic carbocycles. The van der Waals surface area contributed by atoms with Crippen LogP contribution in [0.2, 0.25) is 0 Å². The third-order valence-corrected chi connectivity index (χ3v) is 5.42. The first-order valence-corrected chi connectivity index (χ1v) is 9.66. The van der Waals surface area contributed by atoms with Crippen molar-refractivity contribution in [1.29, 1.82) is 0 Å². The number of hydrogen-bond acceptors (Lipinski definition) is 5. The number of carbonyl (C=O) groups is 1. The molecule has 7 heteroatoms. The summed E-state index contributed by atoms with van der Waals surface area (Å²) in [6.45, 7) is 4.29. The predicted molar refractivity (Wildman–Crippen MR) is 107 cm³/mol. The van der Waals surface area contributed by atoms with E-state index in [1.54, 1.807) is 6.07 Å². The second kappa shape index (κ2) is 6.74. The third kappa shape index (κ3) is 3.47. The summed E-state index contributed by atoms with van der Waals surface area (Å²) in [7, 11) is 0. The maximum atomic E-state index is 12.2. The molecule has 3 aromatic rings. The Morgan fingerprint density at radius 3 is 2.89 bits per heavy atom. The minimum atomic E-state index is -0.0126. The minimum absolute atomic E-state index is 0.0126. The Kier molecular flexibility index (Phi) is 4.07. The Labute approximate surface area is 162 Å². The third-order valence-electron chi connectivity index (χ3n) is 5.42. The summed E-state index contributed by atoms with van der Waals surface area (Å²) < 4.78 is 2.09. The number of carbonyl (C=O) groups excluding carboxylic acids is 1. The van der Waals surface area contributed by atoms with Crippen LogP contribution in [0.1, 0.15) is 36.4 Å². The van der Waals surface area contributed by atoms with Crippen molar-refractivity contribution in [1.82, 2.24) is 19.4 Å². The number of nitrogens with zero attached hydrogens (tertiary/aromatic N) is 4. The number of hydrogen-bond donors (Lipinski definition) is 2. The van der Waals surface area contributed by atoms with Crippen molar-refractivity contribution in [3.05, 3.63) is 60.8 Å². The van der Waals surface area contributed by atoms with Gasteiger partial charge in [-0.2, -0.15) is 0 Å². The van der Waals surface area contributed by atoms with Crippen molar-refractivity contribution < 1.29 is 4.79 Å². The highest BCUT2D eigenvalue weighted by atomic mass is 16.2. The molecule has 28 heavy (non-hydrogen) atoms. The molecule has 3 aromatic heterocycles. The van der Waals surface area contributed by atoms with Gasteiger partial charge in [0.1, 0.15) is 23.6 Å². The molecular weight excluding hydrogens is 352 g/mol. The normalized spacial score (nSPS) is 20.7. The van der Waals surface area contributed by atoms with Gasteiger partial charge < -0.3 is 15.0 Å². The highest BCUT2D eigenvalue weighted by Crippen LogP contribution is 2.40. The fourth-order valence-electron chi connectivity index (χ4n) is 3.50. The van der Waals surface area contributed by atoms with Crippen molar-refractivity contribution in [3.8, 4) is 0 Å². The second-order valence-electron chi connectivity index (χ2n) is 7.61. The van der Waals surface area contributed by atoms with Crippen LogP contribution in [0, 0.1) is 11.8 Å². The Hall–Kier alpha value is -3.22. The maximum Gasteiger partial charge on any atom is 0.229 e. The SMILES string of the molecule is C=C[C@H]1C[C@@H]1C(=O)Nc1cc(NCc2cn3cc(C4CC4)ccc3n2)ncn1. The molecule has 0 radical (unpaired) electrons. The first-order valence-electron chi connectivity index (χ1n) is 9.66. The van der Waals surface area contributed by atoms with Gasteiger partial charge in [-0.1, -0.05) is 12.1 Å². The van der Waals surface area contributed by atoms with E-state index in [0.29, 0.717) is 18.2 Å². The monoisotopic (exact) mass is 374 g/mol. The van der Waals surface area contributed by atoms with E-state index in [2.05, 4.69) is 54.9 Å². The van der Waals surface area contributed by atoms with Crippen LogP contribution in [0.4, 0.5) is 11.6 Å². The number of anilines is 2. The van der Waals surface area contributed by atoms with Crippen LogP contribution in [0.5, 0.6) is 0 Å². The quantitative estimate of drug-likeness (QED) is 0.620. The molecule has 142 valence electrons. The highest BCUT2D eigenvalue weighted by Gasteiger charge is 2.40. The van der Waals surface area contributed by atoms with Crippen molar-refractivity contribution in [2.45, 2.75) is 31.7 Å². The van der Waals surface area contributed by atoms with Gasteiger partial charge in [-0.3, -0.25) is 4.79 Å². The number of aromatic nitrogens is 4. The van der Waals surface area contributed by atoms with E-state index in [-0.39, 0.29) is 17.7 Å². The van der Waals surface area contributed by atoms with Gasteiger partial charge in [0.2, 0.25) is 5.91 Å². The van der Waals surface area contributed by atoms with Crippen LogP contribution in [-0.4, -0.2) is 25.3 Å². The van der Waals surface area contributed by atoms with E-state index in [1.807, 2.05) is 12.3 Å². The number of nitrogens with one attached hydrogen (secondary N) is 2. The zero-order chi connectivity index (χ0) is 19.1. The van der Waals surface area contributed by atoms with E-state index in [0.717, 1.165) is 23.7 Å². The number of fused-ring (bicyclic) bond motifs is 1. The number of pyridine rings is 1. The van der Waals surface area contributed by atoms with Gasteiger partial charge in [0.25, 0.3) is 0 Å². The molecular formula is C21H22N6O. The van der Waals surface area contributed by atoms with E-state index in [4.69, 9.17) is 0 Å². The Balaban J connectivity index is 1.23. The molecule has 3 heterocycles. The molecule has 2 atom stereocenters. The average molecular weight is 374 g/mol. The average Bonchev–Trinajstić information content (AvgIpc) is 3.62. The predicted octanol–water partition coefficient (Wildman–Crippen LogP) is 3.37. The summed E-state index contributed by atoms with van der Waals surface area (Å²) in [5.41, 5.74) is 3.26. The van der Waals surface area contributed by atoms with Crippen molar-refractivity contribution in [2.75, 3.05) is 10.6 Å². The maximum absolute atomic E-state index is 12.2. The van der Waals surface area contributed by atoms with Crippen LogP contribution in [0.25, 0.3) is 5.65 Å². The minimum Gasteiger partial charge on any atom is -0.364 e. The zero-order valence-corrected chi connectivity index (χ0v) is 15.5. The van der Waals surface area contributed by atoms with E-state index >= 15 is 0 Å². The molecule has 1 amide bonds. The molecule has 2 fully saturated rings. The summed E-state index contributed by atoms with van der Waals surface area (Å²) in [5, 5.41) is 6.11. The lowest BCUT2D eigenvalue weighted by molar-refractivity contribution is -0.117. The Morgan fingerprint density at radius 2 is 2.11 bits per heavy atom. The fourth-order valence-corrected chi connectivity index (χ4v) is 3.50. The molecule has 2 saturated carbocycles. The lowest BCUT2D eigenvalue weighted by Gasteiger charge is -2.06. The van der Waals surface area contributed by atoms with Crippen molar-refractivity contribution >= 4 is 23.2 Å². The molecule has 0 unspecified atom stereocenters. The molecule has 5 rings (SSSR count). The standard InChI is InChI=1S/C21H22N6O/c1-2-13-7-17(13)21(28)26-19-8-18(23-12-24-19)22-9-16-11-27-10-15(14-3-4-14)5-6-20(27)25-16/h2,5-6,8,10-14,17H,1,3-4,7,9H2,(H2,22,23,24,26,28)/t13-,17-/m0/s1. The van der Waals surface area contributed by atoms with Gasteiger partial charge in [0.05, 0.1) is 12.2 Å².